The number of hydrogen-bond donors (Lipinski definition) is 1. The summed E-state index contributed by atoms with van der Waals surface area (Å²) < 4.78 is 13.1. The molecule has 4 aromatic rings. The Kier molecular flexibility index (Phi) is 4.18. The third-order valence-electron chi connectivity index (χ3n) is 3.92. The maximum absolute atomic E-state index is 13.1. The number of aryl methyl sites for hydroxylation is 1. The first kappa shape index (κ1) is 16.0. The number of rotatable bonds is 4. The molecule has 0 spiro atoms. The first-order valence-corrected chi connectivity index (χ1v) is 8.08. The van der Waals surface area contributed by atoms with Crippen LogP contribution in [0.2, 0.25) is 0 Å². The average Bonchev–Trinajstić information content (AvgIpc) is 2.68. The fourth-order valence-corrected chi connectivity index (χ4v) is 2.52. The number of hydrogen-bond acceptors (Lipinski definition) is 6. The molecule has 6 nitrogen and oxygen atoms in total. The van der Waals surface area contributed by atoms with Gasteiger partial charge in [0.15, 0.2) is 17.0 Å². The molecule has 128 valence electrons. The zero-order valence-electron chi connectivity index (χ0n) is 14.0. The van der Waals surface area contributed by atoms with Crippen LogP contribution in [0, 0.1) is 12.7 Å². The van der Waals surface area contributed by atoms with Gasteiger partial charge in [0.25, 0.3) is 0 Å². The predicted molar refractivity (Wildman–Crippen MR) is 96.8 cm³/mol. The van der Waals surface area contributed by atoms with E-state index in [0.29, 0.717) is 29.2 Å². The zero-order chi connectivity index (χ0) is 17.9. The fourth-order valence-electron chi connectivity index (χ4n) is 2.52. The van der Waals surface area contributed by atoms with Crippen molar-refractivity contribution < 1.29 is 4.39 Å². The smallest absolute Gasteiger partial charge is 0.183 e. The van der Waals surface area contributed by atoms with Gasteiger partial charge in [-0.25, -0.2) is 24.3 Å². The van der Waals surface area contributed by atoms with E-state index in [1.54, 1.807) is 18.3 Å². The Bertz CT molecular complexity index is 1050. The van der Waals surface area contributed by atoms with Crippen molar-refractivity contribution in [2.45, 2.75) is 13.5 Å². The highest BCUT2D eigenvalue weighted by atomic mass is 19.1. The van der Waals surface area contributed by atoms with E-state index < -0.39 is 0 Å². The minimum atomic E-state index is -0.292. The van der Waals surface area contributed by atoms with Crippen molar-refractivity contribution in [1.29, 1.82) is 0 Å². The van der Waals surface area contributed by atoms with Gasteiger partial charge < -0.3 is 5.32 Å². The Morgan fingerprint density at radius 2 is 1.77 bits per heavy atom. The molecular weight excluding hydrogens is 331 g/mol. The van der Waals surface area contributed by atoms with Crippen LogP contribution < -0.4 is 5.32 Å². The van der Waals surface area contributed by atoms with Crippen molar-refractivity contribution in [3.63, 3.8) is 0 Å². The summed E-state index contributed by atoms with van der Waals surface area (Å²) >= 11 is 0. The van der Waals surface area contributed by atoms with Gasteiger partial charge in [-0.3, -0.25) is 4.98 Å². The Morgan fingerprint density at radius 1 is 0.923 bits per heavy atom. The SMILES string of the molecule is Cc1ccc(CNc2ncnc3ncc(-c4ccc(F)cc4)nc23)cn1. The number of benzene rings is 1. The molecule has 0 amide bonds. The van der Waals surface area contributed by atoms with Gasteiger partial charge in [0.2, 0.25) is 0 Å². The second-order valence-corrected chi connectivity index (χ2v) is 5.82. The molecule has 4 rings (SSSR count). The predicted octanol–water partition coefficient (Wildman–Crippen LogP) is 3.54. The summed E-state index contributed by atoms with van der Waals surface area (Å²) in [6.07, 6.45) is 4.89. The standard InChI is InChI=1S/C19H15FN6/c1-12-2-3-13(8-21-12)9-22-18-17-19(25-11-24-18)23-10-16(26-17)14-4-6-15(20)7-5-14/h2-8,10-11H,9H2,1H3,(H,22,23,24,25). The Balaban J connectivity index is 1.66. The molecule has 0 atom stereocenters. The molecule has 1 N–H and O–H groups in total. The lowest BCUT2D eigenvalue weighted by Gasteiger charge is -2.08. The summed E-state index contributed by atoms with van der Waals surface area (Å²) in [7, 11) is 0. The fraction of sp³-hybridized carbons (Fsp3) is 0.105. The highest BCUT2D eigenvalue weighted by Gasteiger charge is 2.09. The lowest BCUT2D eigenvalue weighted by molar-refractivity contribution is 0.628. The van der Waals surface area contributed by atoms with E-state index in [-0.39, 0.29) is 5.82 Å². The number of fused-ring (bicyclic) bond motifs is 1. The van der Waals surface area contributed by atoms with Crippen molar-refractivity contribution >= 4 is 17.0 Å². The lowest BCUT2D eigenvalue weighted by atomic mass is 10.1. The molecule has 0 saturated heterocycles. The summed E-state index contributed by atoms with van der Waals surface area (Å²) in [6, 6.07) is 10.1. The number of nitrogens with one attached hydrogen (secondary N) is 1. The van der Waals surface area contributed by atoms with Crippen molar-refractivity contribution in [1.82, 2.24) is 24.9 Å². The van der Waals surface area contributed by atoms with Crippen LogP contribution in [0.25, 0.3) is 22.4 Å². The van der Waals surface area contributed by atoms with Crippen LogP contribution >= 0.6 is 0 Å². The van der Waals surface area contributed by atoms with Crippen LogP contribution in [0.1, 0.15) is 11.3 Å². The van der Waals surface area contributed by atoms with Crippen LogP contribution in [0.3, 0.4) is 0 Å². The first-order valence-electron chi connectivity index (χ1n) is 8.08. The number of pyridine rings is 1. The quantitative estimate of drug-likeness (QED) is 0.609. The van der Waals surface area contributed by atoms with Gasteiger partial charge in [0.1, 0.15) is 12.1 Å². The Labute approximate surface area is 149 Å². The van der Waals surface area contributed by atoms with Gasteiger partial charge in [-0.15, -0.1) is 0 Å². The molecule has 7 heteroatoms. The van der Waals surface area contributed by atoms with Crippen molar-refractivity contribution in [2.24, 2.45) is 0 Å². The second-order valence-electron chi connectivity index (χ2n) is 5.82. The van der Waals surface area contributed by atoms with Gasteiger partial charge in [0, 0.05) is 24.0 Å². The third kappa shape index (κ3) is 3.32. The molecule has 3 heterocycles. The topological polar surface area (TPSA) is 76.5 Å². The first-order chi connectivity index (χ1) is 12.7. The van der Waals surface area contributed by atoms with Crippen LogP contribution in [0.4, 0.5) is 10.2 Å². The highest BCUT2D eigenvalue weighted by molar-refractivity contribution is 5.83. The maximum Gasteiger partial charge on any atom is 0.183 e. The van der Waals surface area contributed by atoms with Crippen molar-refractivity contribution in [3.8, 4) is 11.3 Å². The third-order valence-corrected chi connectivity index (χ3v) is 3.92. The molecule has 0 unspecified atom stereocenters. The summed E-state index contributed by atoms with van der Waals surface area (Å²) in [4.78, 5) is 21.7. The van der Waals surface area contributed by atoms with Gasteiger partial charge in [-0.1, -0.05) is 6.07 Å². The number of anilines is 1. The van der Waals surface area contributed by atoms with E-state index in [4.69, 9.17) is 0 Å². The van der Waals surface area contributed by atoms with Gasteiger partial charge in [-0.2, -0.15) is 0 Å². The van der Waals surface area contributed by atoms with Crippen LogP contribution in [0.5, 0.6) is 0 Å². The average molecular weight is 346 g/mol. The van der Waals surface area contributed by atoms with E-state index in [0.717, 1.165) is 16.8 Å². The van der Waals surface area contributed by atoms with E-state index in [9.17, 15) is 4.39 Å². The minimum absolute atomic E-state index is 0.292. The molecule has 0 radical (unpaired) electrons. The van der Waals surface area contributed by atoms with Gasteiger partial charge >= 0.3 is 0 Å². The normalized spacial score (nSPS) is 10.8. The van der Waals surface area contributed by atoms with Crippen LogP contribution in [-0.4, -0.2) is 24.9 Å². The van der Waals surface area contributed by atoms with Crippen molar-refractivity contribution in [2.75, 3.05) is 5.32 Å². The summed E-state index contributed by atoms with van der Waals surface area (Å²) in [6.45, 7) is 2.50. The summed E-state index contributed by atoms with van der Waals surface area (Å²) in [5, 5.41) is 3.26. The van der Waals surface area contributed by atoms with E-state index in [1.807, 2.05) is 25.3 Å². The van der Waals surface area contributed by atoms with Gasteiger partial charge in [0.05, 0.1) is 11.9 Å². The number of nitrogens with zero attached hydrogens (tertiary/aromatic N) is 5. The van der Waals surface area contributed by atoms with Gasteiger partial charge in [-0.05, 0) is 42.8 Å². The van der Waals surface area contributed by atoms with E-state index in [1.165, 1.54) is 18.5 Å². The molecule has 0 fully saturated rings. The minimum Gasteiger partial charge on any atom is -0.364 e. The second kappa shape index (κ2) is 6.79. The molecule has 0 aliphatic rings. The van der Waals surface area contributed by atoms with E-state index in [2.05, 4.69) is 30.2 Å². The molecular formula is C19H15FN6. The molecule has 0 bridgehead atoms. The Morgan fingerprint density at radius 3 is 2.54 bits per heavy atom. The summed E-state index contributed by atoms with van der Waals surface area (Å²) in [5.74, 6) is 0.298. The molecule has 0 aliphatic carbocycles. The number of halogens is 1. The molecule has 1 aromatic carbocycles. The van der Waals surface area contributed by atoms with E-state index >= 15 is 0 Å². The molecule has 3 aromatic heterocycles. The van der Waals surface area contributed by atoms with Crippen LogP contribution in [-0.2, 0) is 6.54 Å². The molecule has 0 aliphatic heterocycles. The maximum atomic E-state index is 13.1. The largest absolute Gasteiger partial charge is 0.364 e. The summed E-state index contributed by atoms with van der Waals surface area (Å²) in [5.41, 5.74) is 4.47. The van der Waals surface area contributed by atoms with Crippen molar-refractivity contribution in [3.05, 3.63) is 72.2 Å². The monoisotopic (exact) mass is 346 g/mol. The zero-order valence-corrected chi connectivity index (χ0v) is 14.0. The lowest BCUT2D eigenvalue weighted by Crippen LogP contribution is -2.05. The highest BCUT2D eigenvalue weighted by Crippen LogP contribution is 2.22. The van der Waals surface area contributed by atoms with Crippen LogP contribution in [0.15, 0.2) is 55.1 Å². The Hall–Kier alpha value is -3.48. The molecule has 0 saturated carbocycles. The number of aromatic nitrogens is 5. The molecule has 26 heavy (non-hydrogen) atoms.